The number of nitrogen functional groups attached to an aromatic ring is 1. The molecule has 5 N–H and O–H groups in total. The molecule has 0 aliphatic rings. The normalized spacial score (nSPS) is 12.7. The minimum Gasteiger partial charge on any atom is -0.505 e. The van der Waals surface area contributed by atoms with Crippen LogP contribution in [0.5, 0.6) is 5.75 Å². The Bertz CT molecular complexity index is 1430. The predicted octanol–water partition coefficient (Wildman–Crippen LogP) is 3.65. The van der Waals surface area contributed by atoms with Gasteiger partial charge in [0.15, 0.2) is 5.75 Å². The summed E-state index contributed by atoms with van der Waals surface area (Å²) in [6.07, 6.45) is 0. The van der Waals surface area contributed by atoms with Crippen LogP contribution in [0.1, 0.15) is 11.1 Å². The average molecular weight is 451 g/mol. The van der Waals surface area contributed by atoms with E-state index in [1.807, 2.05) is 0 Å². The summed E-state index contributed by atoms with van der Waals surface area (Å²) in [6.45, 7) is 3.20. The number of phenols is 1. The van der Waals surface area contributed by atoms with Crippen molar-refractivity contribution in [1.82, 2.24) is 0 Å². The first-order valence-electron chi connectivity index (χ1n) is 8.32. The highest BCUT2D eigenvalue weighted by Gasteiger charge is 2.19. The molecule has 0 spiro atoms. The summed E-state index contributed by atoms with van der Waals surface area (Å²) in [7, 11) is -9.11. The number of anilines is 1. The number of fused-ring (bicyclic) bond motifs is 1. The maximum atomic E-state index is 11.6. The van der Waals surface area contributed by atoms with Crippen LogP contribution < -0.4 is 5.73 Å². The number of azo groups is 1. The lowest BCUT2D eigenvalue weighted by Crippen LogP contribution is -2.03. The van der Waals surface area contributed by atoms with Crippen LogP contribution in [0.15, 0.2) is 56.4 Å². The smallest absolute Gasteiger partial charge is 0.296 e. The highest BCUT2D eigenvalue weighted by atomic mass is 32.2. The molecule has 0 saturated carbocycles. The highest BCUT2D eigenvalue weighted by molar-refractivity contribution is 7.86. The third kappa shape index (κ3) is 4.11. The Morgan fingerprint density at radius 3 is 2.10 bits per heavy atom. The second-order valence-electron chi connectivity index (χ2n) is 6.62. The van der Waals surface area contributed by atoms with Crippen LogP contribution in [0, 0.1) is 13.8 Å². The first kappa shape index (κ1) is 21.6. The number of phenolic OH excluding ortho intramolecular Hbond substituents is 1. The van der Waals surface area contributed by atoms with Gasteiger partial charge in [0, 0.05) is 5.39 Å². The molecule has 158 valence electrons. The molecule has 0 aliphatic heterocycles. The molecule has 12 heteroatoms. The van der Waals surface area contributed by atoms with Crippen LogP contribution in [0.25, 0.3) is 10.8 Å². The van der Waals surface area contributed by atoms with Gasteiger partial charge in [0.1, 0.15) is 21.2 Å². The minimum absolute atomic E-state index is 0.0108. The number of nitrogens with two attached hydrogens (primary N) is 1. The first-order chi connectivity index (χ1) is 13.8. The Balaban J connectivity index is 2.19. The van der Waals surface area contributed by atoms with E-state index in [9.17, 15) is 31.0 Å². The Hall–Kier alpha value is -3.06. The molecule has 0 fully saturated rings. The number of hydrogen-bond acceptors (Lipinski definition) is 8. The minimum atomic E-state index is -4.56. The van der Waals surface area contributed by atoms with Crippen LogP contribution in [-0.2, 0) is 20.2 Å². The van der Waals surface area contributed by atoms with Crippen molar-refractivity contribution in [2.45, 2.75) is 23.6 Å². The molecule has 0 saturated heterocycles. The van der Waals surface area contributed by atoms with E-state index in [0.29, 0.717) is 11.1 Å². The molecule has 3 aromatic carbocycles. The summed E-state index contributed by atoms with van der Waals surface area (Å²) in [5.41, 5.74) is 6.22. The highest BCUT2D eigenvalue weighted by Crippen LogP contribution is 2.41. The number of rotatable bonds is 4. The van der Waals surface area contributed by atoms with Crippen molar-refractivity contribution in [1.29, 1.82) is 0 Å². The standard InChI is InChI=1S/C18H17N3O7S2/c1-9-3-4-14(16(5-9)30(26,27)28)20-21-17-10(2)6-11-7-15(29(23,24)25)13(19)8-12(11)18(17)22/h3-8,22H,19H2,1-2H3,(H,23,24,25)(H,26,27,28). The molecule has 0 bridgehead atoms. The van der Waals surface area contributed by atoms with Gasteiger partial charge in [-0.1, -0.05) is 6.07 Å². The maximum absolute atomic E-state index is 11.6. The van der Waals surface area contributed by atoms with Gasteiger partial charge in [0.05, 0.1) is 5.69 Å². The van der Waals surface area contributed by atoms with Gasteiger partial charge in [-0.2, -0.15) is 16.8 Å². The van der Waals surface area contributed by atoms with Crippen LogP contribution in [0.4, 0.5) is 17.1 Å². The second-order valence-corrected chi connectivity index (χ2v) is 9.40. The van der Waals surface area contributed by atoms with Gasteiger partial charge < -0.3 is 10.8 Å². The van der Waals surface area contributed by atoms with Gasteiger partial charge in [-0.15, -0.1) is 10.2 Å². The lowest BCUT2D eigenvalue weighted by molar-refractivity contribution is 0.480. The fraction of sp³-hybridized carbons (Fsp3) is 0.111. The summed E-state index contributed by atoms with van der Waals surface area (Å²) in [5, 5.41) is 18.8. The summed E-state index contributed by atoms with van der Waals surface area (Å²) in [6, 6.07) is 7.94. The molecule has 3 aromatic rings. The number of benzene rings is 3. The van der Waals surface area contributed by atoms with Gasteiger partial charge >= 0.3 is 0 Å². The van der Waals surface area contributed by atoms with E-state index in [1.165, 1.54) is 24.3 Å². The Kier molecular flexibility index (Phi) is 5.28. The molecule has 0 atom stereocenters. The maximum Gasteiger partial charge on any atom is 0.296 e. The fourth-order valence-corrected chi connectivity index (χ4v) is 4.26. The van der Waals surface area contributed by atoms with E-state index in [4.69, 9.17) is 5.73 Å². The van der Waals surface area contributed by atoms with Crippen molar-refractivity contribution in [3.63, 3.8) is 0 Å². The summed E-state index contributed by atoms with van der Waals surface area (Å²) in [5.74, 6) is -0.372. The molecule has 0 radical (unpaired) electrons. The van der Waals surface area contributed by atoms with Crippen molar-refractivity contribution in [3.05, 3.63) is 47.5 Å². The zero-order chi connectivity index (χ0) is 22.4. The topological polar surface area (TPSA) is 180 Å². The molecule has 3 rings (SSSR count). The van der Waals surface area contributed by atoms with Crippen molar-refractivity contribution in [2.75, 3.05) is 5.73 Å². The van der Waals surface area contributed by atoms with E-state index in [0.717, 1.165) is 6.07 Å². The number of hydrogen-bond donors (Lipinski definition) is 4. The third-order valence-electron chi connectivity index (χ3n) is 4.34. The molecule has 0 aromatic heterocycles. The van der Waals surface area contributed by atoms with Gasteiger partial charge in [-0.3, -0.25) is 9.11 Å². The molecule has 30 heavy (non-hydrogen) atoms. The van der Waals surface area contributed by atoms with Crippen molar-refractivity contribution in [3.8, 4) is 5.75 Å². The largest absolute Gasteiger partial charge is 0.505 e. The first-order valence-corrected chi connectivity index (χ1v) is 11.2. The van der Waals surface area contributed by atoms with E-state index in [2.05, 4.69) is 10.2 Å². The van der Waals surface area contributed by atoms with Gasteiger partial charge in [0.25, 0.3) is 20.2 Å². The number of aryl methyl sites for hydroxylation is 2. The summed E-state index contributed by atoms with van der Waals surface area (Å²) >= 11 is 0. The molecule has 0 aliphatic carbocycles. The van der Waals surface area contributed by atoms with E-state index in [-0.39, 0.29) is 33.6 Å². The van der Waals surface area contributed by atoms with Gasteiger partial charge in [-0.05, 0) is 60.7 Å². The zero-order valence-corrected chi connectivity index (χ0v) is 17.4. The van der Waals surface area contributed by atoms with Gasteiger partial charge in [0.2, 0.25) is 0 Å². The predicted molar refractivity (Wildman–Crippen MR) is 110 cm³/mol. The van der Waals surface area contributed by atoms with E-state index >= 15 is 0 Å². The quantitative estimate of drug-likeness (QED) is 0.263. The summed E-state index contributed by atoms with van der Waals surface area (Å²) in [4.78, 5) is -0.938. The van der Waals surface area contributed by atoms with Crippen molar-refractivity contribution < 1.29 is 31.0 Å². The Morgan fingerprint density at radius 1 is 0.867 bits per heavy atom. The molecule has 0 unspecified atom stereocenters. The van der Waals surface area contributed by atoms with E-state index < -0.39 is 30.0 Å². The van der Waals surface area contributed by atoms with Crippen molar-refractivity contribution in [2.24, 2.45) is 10.2 Å². The molecule has 10 nitrogen and oxygen atoms in total. The average Bonchev–Trinajstić information content (AvgIpc) is 2.61. The van der Waals surface area contributed by atoms with E-state index in [1.54, 1.807) is 19.9 Å². The lowest BCUT2D eigenvalue weighted by Gasteiger charge is -2.11. The van der Waals surface area contributed by atoms with Crippen LogP contribution in [0.2, 0.25) is 0 Å². The SMILES string of the molecule is Cc1ccc(N=Nc2c(C)cc3cc(S(=O)(=O)O)c(N)cc3c2O)c(S(=O)(=O)O)c1. The van der Waals surface area contributed by atoms with Gasteiger partial charge in [-0.25, -0.2) is 0 Å². The van der Waals surface area contributed by atoms with Crippen molar-refractivity contribution >= 4 is 48.1 Å². The van der Waals surface area contributed by atoms with Crippen LogP contribution in [-0.4, -0.2) is 31.0 Å². The molecular weight excluding hydrogens is 434 g/mol. The molecule has 0 heterocycles. The number of nitrogens with zero attached hydrogens (tertiary/aromatic N) is 2. The van der Waals surface area contributed by atoms with Crippen LogP contribution in [0.3, 0.4) is 0 Å². The Labute approximate surface area is 172 Å². The summed E-state index contributed by atoms with van der Waals surface area (Å²) < 4.78 is 64.7. The molecular formula is C18H17N3O7S2. The zero-order valence-electron chi connectivity index (χ0n) is 15.7. The second kappa shape index (κ2) is 7.32. The fourth-order valence-electron chi connectivity index (χ4n) is 2.92. The van der Waals surface area contributed by atoms with Crippen LogP contribution >= 0.6 is 0 Å². The monoisotopic (exact) mass is 451 g/mol. The molecule has 0 amide bonds. The Morgan fingerprint density at radius 2 is 1.50 bits per heavy atom. The lowest BCUT2D eigenvalue weighted by atomic mass is 10.0. The number of aromatic hydroxyl groups is 1. The third-order valence-corrected chi connectivity index (χ3v) is 6.13.